The Bertz CT molecular complexity index is 638. The fourth-order valence-corrected chi connectivity index (χ4v) is 3.56. The van der Waals surface area contributed by atoms with Crippen molar-refractivity contribution in [2.24, 2.45) is 0 Å². The van der Waals surface area contributed by atoms with Gasteiger partial charge in [-0.15, -0.1) is 0 Å². The minimum absolute atomic E-state index is 0.0606. The first-order chi connectivity index (χ1) is 13.0. The number of rotatable bonds is 11. The van der Waals surface area contributed by atoms with Crippen LogP contribution in [0.15, 0.2) is 18.2 Å². The lowest BCUT2D eigenvalue weighted by atomic mass is 10.1. The molecule has 0 saturated carbocycles. The van der Waals surface area contributed by atoms with Gasteiger partial charge in [-0.05, 0) is 37.5 Å². The summed E-state index contributed by atoms with van der Waals surface area (Å²) >= 11 is 1.31. The van der Waals surface area contributed by atoms with Crippen LogP contribution in [0.2, 0.25) is 0 Å². The van der Waals surface area contributed by atoms with Crippen LogP contribution in [0, 0.1) is 0 Å². The topological polar surface area (TPSA) is 67.9 Å². The lowest BCUT2D eigenvalue weighted by molar-refractivity contribution is -0.121. The van der Waals surface area contributed by atoms with Gasteiger partial charge in [-0.25, -0.2) is 0 Å². The molecular weight excluding hydrogens is 364 g/mol. The van der Waals surface area contributed by atoms with E-state index in [9.17, 15) is 9.59 Å². The number of hydrogen-bond donors (Lipinski definition) is 1. The van der Waals surface area contributed by atoms with E-state index in [1.54, 1.807) is 4.90 Å². The largest absolute Gasteiger partial charge is 0.490 e. The van der Waals surface area contributed by atoms with Crippen LogP contribution < -0.4 is 14.8 Å². The SMILES string of the molecule is CCCOc1ccc([C@@H](C)NC(=O)CCN2CCSC2=O)cc1OCCC. The van der Waals surface area contributed by atoms with E-state index in [-0.39, 0.29) is 17.2 Å². The van der Waals surface area contributed by atoms with Crippen molar-refractivity contribution in [3.05, 3.63) is 23.8 Å². The molecule has 1 aromatic carbocycles. The molecule has 6 nitrogen and oxygen atoms in total. The van der Waals surface area contributed by atoms with Gasteiger partial charge in [0, 0.05) is 25.3 Å². The van der Waals surface area contributed by atoms with E-state index in [1.807, 2.05) is 25.1 Å². The predicted octanol–water partition coefficient (Wildman–Crippen LogP) is 4.00. The second-order valence-corrected chi connectivity index (χ2v) is 7.59. The van der Waals surface area contributed by atoms with Gasteiger partial charge in [0.15, 0.2) is 11.5 Å². The molecule has 2 amide bonds. The summed E-state index contributed by atoms with van der Waals surface area (Å²) in [4.78, 5) is 25.6. The summed E-state index contributed by atoms with van der Waals surface area (Å²) in [6.45, 7) is 8.52. The lowest BCUT2D eigenvalue weighted by Crippen LogP contribution is -2.32. The zero-order valence-electron chi connectivity index (χ0n) is 16.5. The van der Waals surface area contributed by atoms with E-state index < -0.39 is 0 Å². The van der Waals surface area contributed by atoms with Crippen LogP contribution in [0.4, 0.5) is 4.79 Å². The molecule has 0 aliphatic carbocycles. The van der Waals surface area contributed by atoms with Gasteiger partial charge in [0.1, 0.15) is 0 Å². The third-order valence-electron chi connectivity index (χ3n) is 4.22. The Morgan fingerprint density at radius 2 is 1.93 bits per heavy atom. The van der Waals surface area contributed by atoms with Gasteiger partial charge in [0.2, 0.25) is 5.91 Å². The van der Waals surface area contributed by atoms with Crippen molar-refractivity contribution in [2.45, 2.75) is 46.1 Å². The van der Waals surface area contributed by atoms with Crippen LogP contribution in [0.25, 0.3) is 0 Å². The third-order valence-corrected chi connectivity index (χ3v) is 5.11. The number of ether oxygens (including phenoxy) is 2. The maximum absolute atomic E-state index is 12.2. The Morgan fingerprint density at radius 1 is 1.22 bits per heavy atom. The highest BCUT2D eigenvalue weighted by atomic mass is 32.2. The summed E-state index contributed by atoms with van der Waals surface area (Å²) in [5.41, 5.74) is 0.964. The first kappa shape index (κ1) is 21.4. The smallest absolute Gasteiger partial charge is 0.281 e. The molecule has 0 spiro atoms. The molecule has 2 rings (SSSR count). The van der Waals surface area contributed by atoms with Crippen molar-refractivity contribution in [2.75, 3.05) is 32.1 Å². The van der Waals surface area contributed by atoms with E-state index in [0.29, 0.717) is 31.9 Å². The number of carbonyl (C=O) groups excluding carboxylic acids is 2. The molecule has 1 fully saturated rings. The number of nitrogens with one attached hydrogen (secondary N) is 1. The molecule has 1 aromatic rings. The summed E-state index contributed by atoms with van der Waals surface area (Å²) in [5, 5.41) is 3.07. The van der Waals surface area contributed by atoms with Gasteiger partial charge in [-0.1, -0.05) is 31.7 Å². The van der Waals surface area contributed by atoms with Crippen LogP contribution in [0.3, 0.4) is 0 Å². The molecule has 1 N–H and O–H groups in total. The van der Waals surface area contributed by atoms with Gasteiger partial charge in [-0.2, -0.15) is 0 Å². The molecule has 0 radical (unpaired) electrons. The van der Waals surface area contributed by atoms with Gasteiger partial charge in [0.25, 0.3) is 5.24 Å². The van der Waals surface area contributed by atoms with Gasteiger partial charge < -0.3 is 19.7 Å². The molecule has 1 heterocycles. The second kappa shape index (κ2) is 11.1. The van der Waals surface area contributed by atoms with E-state index in [2.05, 4.69) is 19.2 Å². The fraction of sp³-hybridized carbons (Fsp3) is 0.600. The molecule has 0 bridgehead atoms. The number of carbonyl (C=O) groups is 2. The molecule has 1 saturated heterocycles. The van der Waals surface area contributed by atoms with Crippen LogP contribution in [-0.2, 0) is 4.79 Å². The zero-order chi connectivity index (χ0) is 19.6. The minimum Gasteiger partial charge on any atom is -0.490 e. The highest BCUT2D eigenvalue weighted by Gasteiger charge is 2.22. The first-order valence-corrected chi connectivity index (χ1v) is 10.6. The van der Waals surface area contributed by atoms with E-state index in [1.165, 1.54) is 11.8 Å². The molecule has 1 aliphatic rings. The Morgan fingerprint density at radius 3 is 2.56 bits per heavy atom. The molecule has 7 heteroatoms. The van der Waals surface area contributed by atoms with E-state index >= 15 is 0 Å². The Kier molecular flexibility index (Phi) is 8.78. The molecule has 27 heavy (non-hydrogen) atoms. The lowest BCUT2D eigenvalue weighted by Gasteiger charge is -2.19. The van der Waals surface area contributed by atoms with Gasteiger partial charge in [-0.3, -0.25) is 9.59 Å². The molecule has 150 valence electrons. The first-order valence-electron chi connectivity index (χ1n) is 9.65. The average molecular weight is 395 g/mol. The summed E-state index contributed by atoms with van der Waals surface area (Å²) in [5.74, 6) is 2.19. The maximum atomic E-state index is 12.2. The highest BCUT2D eigenvalue weighted by molar-refractivity contribution is 8.13. The number of thioether (sulfide) groups is 1. The van der Waals surface area contributed by atoms with Crippen molar-refractivity contribution in [1.29, 1.82) is 0 Å². The van der Waals surface area contributed by atoms with Crippen molar-refractivity contribution >= 4 is 22.9 Å². The quantitative estimate of drug-likeness (QED) is 0.614. The Balaban J connectivity index is 1.94. The molecule has 0 unspecified atom stereocenters. The standard InChI is InChI=1S/C20H30N2O4S/c1-4-11-25-17-7-6-16(14-18(17)26-12-5-2)15(3)21-19(23)8-9-22-10-13-27-20(22)24/h6-7,14-15H,4-5,8-13H2,1-3H3,(H,21,23)/t15-/m1/s1. The van der Waals surface area contributed by atoms with E-state index in [0.717, 1.165) is 36.5 Å². The van der Waals surface area contributed by atoms with Crippen LogP contribution in [0.1, 0.15) is 51.6 Å². The van der Waals surface area contributed by atoms with Crippen molar-refractivity contribution in [3.8, 4) is 11.5 Å². The fourth-order valence-electron chi connectivity index (χ4n) is 2.71. The van der Waals surface area contributed by atoms with E-state index in [4.69, 9.17) is 9.47 Å². The Hall–Kier alpha value is -1.89. The number of hydrogen-bond acceptors (Lipinski definition) is 5. The second-order valence-electron chi connectivity index (χ2n) is 6.54. The number of benzene rings is 1. The predicted molar refractivity (Wildman–Crippen MR) is 109 cm³/mol. The summed E-state index contributed by atoms with van der Waals surface area (Å²) in [7, 11) is 0. The molecule has 1 aliphatic heterocycles. The van der Waals surface area contributed by atoms with Crippen LogP contribution >= 0.6 is 11.8 Å². The average Bonchev–Trinajstić information content (AvgIpc) is 3.08. The maximum Gasteiger partial charge on any atom is 0.281 e. The van der Waals surface area contributed by atoms with Crippen molar-refractivity contribution < 1.29 is 19.1 Å². The minimum atomic E-state index is -0.148. The molecule has 1 atom stereocenters. The monoisotopic (exact) mass is 394 g/mol. The van der Waals surface area contributed by atoms with Crippen LogP contribution in [-0.4, -0.2) is 48.1 Å². The van der Waals surface area contributed by atoms with Crippen molar-refractivity contribution in [3.63, 3.8) is 0 Å². The van der Waals surface area contributed by atoms with Gasteiger partial charge in [0.05, 0.1) is 19.3 Å². The zero-order valence-corrected chi connectivity index (χ0v) is 17.3. The summed E-state index contributed by atoms with van der Waals surface area (Å²) in [6, 6.07) is 5.64. The molecular formula is C20H30N2O4S. The summed E-state index contributed by atoms with van der Waals surface area (Å²) < 4.78 is 11.6. The van der Waals surface area contributed by atoms with Crippen LogP contribution in [0.5, 0.6) is 11.5 Å². The normalized spacial score (nSPS) is 14.9. The highest BCUT2D eigenvalue weighted by Crippen LogP contribution is 2.31. The van der Waals surface area contributed by atoms with Gasteiger partial charge >= 0.3 is 0 Å². The number of amides is 2. The third kappa shape index (κ3) is 6.65. The van der Waals surface area contributed by atoms with Crippen molar-refractivity contribution in [1.82, 2.24) is 10.2 Å². The molecule has 0 aromatic heterocycles. The number of nitrogens with zero attached hydrogens (tertiary/aromatic N) is 1. The summed E-state index contributed by atoms with van der Waals surface area (Å²) in [6.07, 6.45) is 2.16. The Labute approximate surface area is 166 Å².